The lowest BCUT2D eigenvalue weighted by Gasteiger charge is -2.21. The van der Waals surface area contributed by atoms with E-state index in [1.807, 2.05) is 6.20 Å². The fraction of sp³-hybridized carbons (Fsp3) is 0.667. The number of nitrogens with one attached hydrogen (secondary N) is 1. The summed E-state index contributed by atoms with van der Waals surface area (Å²) < 4.78 is 0.972. The minimum Gasteiger partial charge on any atom is -0.287 e. The Bertz CT molecular complexity index is 92.7. The van der Waals surface area contributed by atoms with Gasteiger partial charge in [-0.25, -0.2) is 0 Å². The van der Waals surface area contributed by atoms with Crippen LogP contribution in [0.1, 0.15) is 0 Å². The molecule has 2 nitrogen and oxygen atoms in total. The van der Waals surface area contributed by atoms with Gasteiger partial charge in [0.1, 0.15) is 6.67 Å². The molecule has 0 amide bonds. The molecule has 0 aromatic heterocycles. The standard InChI is InChI=1S/C6H13N2/c1-3-8(2)5-4-7-6-8/h3,7H,1,4-6H2,2H3/q+1. The van der Waals surface area contributed by atoms with Gasteiger partial charge in [-0.05, 0) is 6.58 Å². The Morgan fingerprint density at radius 2 is 2.50 bits per heavy atom. The van der Waals surface area contributed by atoms with Crippen LogP contribution in [-0.4, -0.2) is 31.3 Å². The topological polar surface area (TPSA) is 12.0 Å². The van der Waals surface area contributed by atoms with Crippen LogP contribution in [0.3, 0.4) is 0 Å². The average molecular weight is 113 g/mol. The zero-order valence-electron chi connectivity index (χ0n) is 5.35. The van der Waals surface area contributed by atoms with Crippen LogP contribution in [0, 0.1) is 0 Å². The van der Waals surface area contributed by atoms with Crippen molar-refractivity contribution in [1.82, 2.24) is 5.32 Å². The third-order valence-electron chi connectivity index (χ3n) is 1.71. The fourth-order valence-corrected chi connectivity index (χ4v) is 0.904. The van der Waals surface area contributed by atoms with Crippen molar-refractivity contribution in [3.63, 3.8) is 0 Å². The SMILES string of the molecule is C=C[N+]1(C)CCNC1. The number of nitrogens with zero attached hydrogens (tertiary/aromatic N) is 1. The summed E-state index contributed by atoms with van der Waals surface area (Å²) in [5.41, 5.74) is 0. The Balaban J connectivity index is 2.52. The summed E-state index contributed by atoms with van der Waals surface area (Å²) in [4.78, 5) is 0. The van der Waals surface area contributed by atoms with Gasteiger partial charge in [0, 0.05) is 0 Å². The molecule has 1 fully saturated rings. The van der Waals surface area contributed by atoms with E-state index in [9.17, 15) is 0 Å². The smallest absolute Gasteiger partial charge is 0.136 e. The van der Waals surface area contributed by atoms with E-state index in [0.717, 1.165) is 17.7 Å². The minimum absolute atomic E-state index is 0.972. The van der Waals surface area contributed by atoms with E-state index in [2.05, 4.69) is 18.9 Å². The van der Waals surface area contributed by atoms with Crippen molar-refractivity contribution >= 4 is 0 Å². The van der Waals surface area contributed by atoms with Gasteiger partial charge in [-0.2, -0.15) is 0 Å². The first-order valence-electron chi connectivity index (χ1n) is 2.95. The lowest BCUT2D eigenvalue weighted by atomic mass is 10.5. The summed E-state index contributed by atoms with van der Waals surface area (Å²) in [6.45, 7) is 7.10. The van der Waals surface area contributed by atoms with Crippen LogP contribution in [0.5, 0.6) is 0 Å². The summed E-state index contributed by atoms with van der Waals surface area (Å²) in [5, 5.41) is 3.26. The molecule has 2 heteroatoms. The lowest BCUT2D eigenvalue weighted by molar-refractivity contribution is -0.846. The summed E-state index contributed by atoms with van der Waals surface area (Å²) in [6, 6.07) is 0. The Hall–Kier alpha value is -0.340. The predicted molar refractivity (Wildman–Crippen MR) is 34.1 cm³/mol. The van der Waals surface area contributed by atoms with Gasteiger partial charge in [0.25, 0.3) is 0 Å². The molecule has 0 saturated carbocycles. The van der Waals surface area contributed by atoms with Crippen molar-refractivity contribution in [2.75, 3.05) is 26.8 Å². The summed E-state index contributed by atoms with van der Waals surface area (Å²) in [5.74, 6) is 0. The first kappa shape index (κ1) is 5.79. The maximum absolute atomic E-state index is 3.75. The molecule has 8 heavy (non-hydrogen) atoms. The van der Waals surface area contributed by atoms with E-state index in [4.69, 9.17) is 0 Å². The first-order chi connectivity index (χ1) is 3.77. The van der Waals surface area contributed by atoms with Gasteiger partial charge in [-0.1, -0.05) is 0 Å². The molecule has 1 aliphatic rings. The highest BCUT2D eigenvalue weighted by Crippen LogP contribution is 2.03. The van der Waals surface area contributed by atoms with Crippen molar-refractivity contribution < 1.29 is 4.48 Å². The molecule has 1 heterocycles. The van der Waals surface area contributed by atoms with Gasteiger partial charge in [-0.15, -0.1) is 0 Å². The van der Waals surface area contributed by atoms with E-state index in [1.54, 1.807) is 0 Å². The molecule has 1 aliphatic heterocycles. The van der Waals surface area contributed by atoms with Crippen molar-refractivity contribution in [2.45, 2.75) is 0 Å². The Morgan fingerprint density at radius 3 is 2.75 bits per heavy atom. The van der Waals surface area contributed by atoms with E-state index < -0.39 is 0 Å². The molecule has 1 rings (SSSR count). The highest BCUT2D eigenvalue weighted by molar-refractivity contribution is 4.60. The lowest BCUT2D eigenvalue weighted by Crippen LogP contribution is -2.35. The summed E-state index contributed by atoms with van der Waals surface area (Å²) in [6.07, 6.45) is 1.99. The van der Waals surface area contributed by atoms with Crippen LogP contribution in [0.4, 0.5) is 0 Å². The maximum Gasteiger partial charge on any atom is 0.136 e. The molecule has 0 aromatic rings. The highest BCUT2D eigenvalue weighted by Gasteiger charge is 2.21. The monoisotopic (exact) mass is 113 g/mol. The molecule has 0 radical (unpaired) electrons. The van der Waals surface area contributed by atoms with Gasteiger partial charge in [0.05, 0.1) is 26.3 Å². The third kappa shape index (κ3) is 0.904. The number of likely N-dealkylation sites (N-methyl/N-ethyl adjacent to an activating group) is 1. The van der Waals surface area contributed by atoms with Crippen LogP contribution < -0.4 is 5.32 Å². The van der Waals surface area contributed by atoms with E-state index >= 15 is 0 Å². The summed E-state index contributed by atoms with van der Waals surface area (Å²) >= 11 is 0. The molecule has 0 bridgehead atoms. The molecule has 0 aliphatic carbocycles. The van der Waals surface area contributed by atoms with Gasteiger partial charge in [0.2, 0.25) is 0 Å². The fourth-order valence-electron chi connectivity index (χ4n) is 0.904. The molecule has 1 N–H and O–H groups in total. The van der Waals surface area contributed by atoms with Crippen LogP contribution in [-0.2, 0) is 0 Å². The van der Waals surface area contributed by atoms with Crippen LogP contribution >= 0.6 is 0 Å². The van der Waals surface area contributed by atoms with Gasteiger partial charge in [-0.3, -0.25) is 9.80 Å². The van der Waals surface area contributed by atoms with E-state index in [1.165, 1.54) is 6.54 Å². The molecule has 1 unspecified atom stereocenters. The van der Waals surface area contributed by atoms with Crippen molar-refractivity contribution in [1.29, 1.82) is 0 Å². The van der Waals surface area contributed by atoms with Gasteiger partial charge in [0.15, 0.2) is 0 Å². The number of hydrogen-bond acceptors (Lipinski definition) is 1. The Kier molecular flexibility index (Phi) is 1.36. The van der Waals surface area contributed by atoms with Crippen LogP contribution in [0.15, 0.2) is 12.8 Å². The minimum atomic E-state index is 0.972. The van der Waals surface area contributed by atoms with E-state index in [-0.39, 0.29) is 0 Å². The zero-order chi connectivity index (χ0) is 6.04. The van der Waals surface area contributed by atoms with Crippen LogP contribution in [0.25, 0.3) is 0 Å². The van der Waals surface area contributed by atoms with Crippen LogP contribution in [0.2, 0.25) is 0 Å². The number of rotatable bonds is 1. The Labute approximate surface area is 50.4 Å². The predicted octanol–water partition coefficient (Wildman–Crippen LogP) is 0.137. The first-order valence-corrected chi connectivity index (χ1v) is 2.95. The van der Waals surface area contributed by atoms with Gasteiger partial charge >= 0.3 is 0 Å². The number of quaternary nitrogens is 1. The van der Waals surface area contributed by atoms with Crippen molar-refractivity contribution in [2.24, 2.45) is 0 Å². The molecule has 0 spiro atoms. The second-order valence-electron chi connectivity index (χ2n) is 2.54. The largest absolute Gasteiger partial charge is 0.287 e. The van der Waals surface area contributed by atoms with Crippen molar-refractivity contribution in [3.05, 3.63) is 12.8 Å². The second kappa shape index (κ2) is 1.88. The molecular weight excluding hydrogens is 100 g/mol. The van der Waals surface area contributed by atoms with Gasteiger partial charge < -0.3 is 0 Å². The second-order valence-corrected chi connectivity index (χ2v) is 2.54. The quantitative estimate of drug-likeness (QED) is 0.477. The zero-order valence-corrected chi connectivity index (χ0v) is 5.35. The molecule has 0 aromatic carbocycles. The Morgan fingerprint density at radius 1 is 1.75 bits per heavy atom. The maximum atomic E-state index is 3.75. The molecular formula is C6H13N2+. The highest BCUT2D eigenvalue weighted by atomic mass is 15.4. The molecule has 1 saturated heterocycles. The normalized spacial score (nSPS) is 37.6. The third-order valence-corrected chi connectivity index (χ3v) is 1.71. The molecule has 46 valence electrons. The van der Waals surface area contributed by atoms with Crippen molar-refractivity contribution in [3.8, 4) is 0 Å². The summed E-state index contributed by atoms with van der Waals surface area (Å²) in [7, 11) is 2.17. The average Bonchev–Trinajstić information content (AvgIpc) is 2.17. The molecule has 1 atom stereocenters. The van der Waals surface area contributed by atoms with E-state index in [0.29, 0.717) is 0 Å². The number of hydrogen-bond donors (Lipinski definition) is 1.